The van der Waals surface area contributed by atoms with Gasteiger partial charge in [0.25, 0.3) is 5.91 Å². The van der Waals surface area contributed by atoms with Crippen molar-refractivity contribution in [1.29, 1.82) is 0 Å². The van der Waals surface area contributed by atoms with E-state index in [9.17, 15) is 4.79 Å². The summed E-state index contributed by atoms with van der Waals surface area (Å²) < 4.78 is 5.11. The van der Waals surface area contributed by atoms with Crippen molar-refractivity contribution in [3.63, 3.8) is 0 Å². The van der Waals surface area contributed by atoms with Crippen LogP contribution >= 0.6 is 0 Å². The van der Waals surface area contributed by atoms with E-state index in [1.807, 2.05) is 0 Å². The SMILES string of the molecule is CCCCCCCNC(=O)c1coc(C(C)N)n1. The van der Waals surface area contributed by atoms with Gasteiger partial charge in [-0.1, -0.05) is 32.6 Å². The second-order valence-corrected chi connectivity index (χ2v) is 4.53. The Morgan fingerprint density at radius 2 is 2.17 bits per heavy atom. The zero-order chi connectivity index (χ0) is 13.4. The van der Waals surface area contributed by atoms with E-state index in [0.717, 1.165) is 12.8 Å². The largest absolute Gasteiger partial charge is 0.446 e. The summed E-state index contributed by atoms with van der Waals surface area (Å²) in [5.74, 6) is 0.198. The van der Waals surface area contributed by atoms with Crippen LogP contribution in [0.2, 0.25) is 0 Å². The summed E-state index contributed by atoms with van der Waals surface area (Å²) in [6.07, 6.45) is 7.22. The lowest BCUT2D eigenvalue weighted by molar-refractivity contribution is 0.0948. The molecule has 1 aromatic heterocycles. The van der Waals surface area contributed by atoms with Gasteiger partial charge >= 0.3 is 0 Å². The van der Waals surface area contributed by atoms with E-state index in [1.54, 1.807) is 6.92 Å². The van der Waals surface area contributed by atoms with Crippen LogP contribution in [0, 0.1) is 0 Å². The standard InChI is InChI=1S/C13H23N3O2/c1-3-4-5-6-7-8-15-12(17)11-9-18-13(16-11)10(2)14/h9-10H,3-8,14H2,1-2H3,(H,15,17). The number of hydrogen-bond acceptors (Lipinski definition) is 4. The topological polar surface area (TPSA) is 81.2 Å². The highest BCUT2D eigenvalue weighted by Gasteiger charge is 2.13. The van der Waals surface area contributed by atoms with Crippen molar-refractivity contribution in [2.45, 2.75) is 52.0 Å². The van der Waals surface area contributed by atoms with Gasteiger partial charge in [-0.3, -0.25) is 4.79 Å². The molecule has 5 nitrogen and oxygen atoms in total. The molecule has 0 aliphatic rings. The number of amides is 1. The van der Waals surface area contributed by atoms with Crippen molar-refractivity contribution in [1.82, 2.24) is 10.3 Å². The molecule has 1 rings (SSSR count). The minimum absolute atomic E-state index is 0.193. The normalized spacial score (nSPS) is 12.4. The molecule has 1 heterocycles. The Morgan fingerprint density at radius 3 is 2.78 bits per heavy atom. The first-order chi connectivity index (χ1) is 8.65. The molecule has 102 valence electrons. The monoisotopic (exact) mass is 253 g/mol. The number of nitrogens with zero attached hydrogens (tertiary/aromatic N) is 1. The van der Waals surface area contributed by atoms with Crippen LogP contribution in [0.25, 0.3) is 0 Å². The molecule has 0 saturated heterocycles. The van der Waals surface area contributed by atoms with E-state index >= 15 is 0 Å². The summed E-state index contributed by atoms with van der Waals surface area (Å²) in [5.41, 5.74) is 5.91. The van der Waals surface area contributed by atoms with E-state index in [0.29, 0.717) is 18.1 Å². The van der Waals surface area contributed by atoms with Crippen LogP contribution in [0.15, 0.2) is 10.7 Å². The Hall–Kier alpha value is -1.36. The number of rotatable bonds is 8. The third-order valence-electron chi connectivity index (χ3n) is 2.71. The van der Waals surface area contributed by atoms with Crippen molar-refractivity contribution in [2.24, 2.45) is 5.73 Å². The molecule has 0 fully saturated rings. The number of unbranched alkanes of at least 4 members (excludes halogenated alkanes) is 4. The first-order valence-corrected chi connectivity index (χ1v) is 6.64. The van der Waals surface area contributed by atoms with Gasteiger partial charge in [0, 0.05) is 6.54 Å². The molecular weight excluding hydrogens is 230 g/mol. The molecule has 0 spiro atoms. The lowest BCUT2D eigenvalue weighted by atomic mass is 10.1. The van der Waals surface area contributed by atoms with Gasteiger partial charge in [0.05, 0.1) is 6.04 Å². The lowest BCUT2D eigenvalue weighted by Gasteiger charge is -2.02. The molecular formula is C13H23N3O2. The number of nitrogens with one attached hydrogen (secondary N) is 1. The van der Waals surface area contributed by atoms with Gasteiger partial charge in [-0.15, -0.1) is 0 Å². The molecule has 0 bridgehead atoms. The van der Waals surface area contributed by atoms with Gasteiger partial charge in [-0.05, 0) is 13.3 Å². The summed E-state index contributed by atoms with van der Waals surface area (Å²) in [6, 6.07) is -0.291. The highest BCUT2D eigenvalue weighted by Crippen LogP contribution is 2.09. The Balaban J connectivity index is 2.23. The zero-order valence-corrected chi connectivity index (χ0v) is 11.2. The van der Waals surface area contributed by atoms with Gasteiger partial charge in [0.2, 0.25) is 5.89 Å². The quantitative estimate of drug-likeness (QED) is 0.697. The molecule has 3 N–H and O–H groups in total. The number of hydrogen-bond donors (Lipinski definition) is 2. The second kappa shape index (κ2) is 7.87. The van der Waals surface area contributed by atoms with Crippen LogP contribution in [-0.2, 0) is 0 Å². The fourth-order valence-corrected chi connectivity index (χ4v) is 1.62. The fourth-order valence-electron chi connectivity index (χ4n) is 1.62. The molecule has 18 heavy (non-hydrogen) atoms. The maximum absolute atomic E-state index is 11.7. The van der Waals surface area contributed by atoms with E-state index in [4.69, 9.17) is 10.2 Å². The minimum Gasteiger partial charge on any atom is -0.446 e. The zero-order valence-electron chi connectivity index (χ0n) is 11.2. The summed E-state index contributed by atoms with van der Waals surface area (Å²) in [6.45, 7) is 4.63. The summed E-state index contributed by atoms with van der Waals surface area (Å²) >= 11 is 0. The highest BCUT2D eigenvalue weighted by atomic mass is 16.3. The minimum atomic E-state index is -0.291. The molecule has 5 heteroatoms. The Morgan fingerprint density at radius 1 is 1.44 bits per heavy atom. The van der Waals surface area contributed by atoms with Crippen molar-refractivity contribution >= 4 is 5.91 Å². The van der Waals surface area contributed by atoms with Crippen molar-refractivity contribution in [3.8, 4) is 0 Å². The summed E-state index contributed by atoms with van der Waals surface area (Å²) in [7, 11) is 0. The van der Waals surface area contributed by atoms with Gasteiger partial charge in [0.1, 0.15) is 6.26 Å². The molecule has 0 radical (unpaired) electrons. The molecule has 0 saturated carbocycles. The highest BCUT2D eigenvalue weighted by molar-refractivity contribution is 5.91. The van der Waals surface area contributed by atoms with E-state index in [1.165, 1.54) is 25.5 Å². The van der Waals surface area contributed by atoms with Crippen molar-refractivity contribution in [2.75, 3.05) is 6.54 Å². The smallest absolute Gasteiger partial charge is 0.273 e. The predicted molar refractivity (Wildman–Crippen MR) is 70.2 cm³/mol. The summed E-state index contributed by atoms with van der Waals surface area (Å²) in [5, 5.41) is 2.83. The number of nitrogens with two attached hydrogens (primary N) is 1. The molecule has 1 atom stereocenters. The average Bonchev–Trinajstić information content (AvgIpc) is 2.83. The molecule has 1 aromatic rings. The van der Waals surface area contributed by atoms with Crippen molar-refractivity contribution in [3.05, 3.63) is 17.8 Å². The fraction of sp³-hybridized carbons (Fsp3) is 0.692. The van der Waals surface area contributed by atoms with Gasteiger partial charge in [0.15, 0.2) is 5.69 Å². The molecule has 0 aliphatic heterocycles. The van der Waals surface area contributed by atoms with E-state index < -0.39 is 0 Å². The molecule has 1 amide bonds. The molecule has 1 unspecified atom stereocenters. The number of aromatic nitrogens is 1. The van der Waals surface area contributed by atoms with Gasteiger partial charge in [-0.25, -0.2) is 4.98 Å². The van der Waals surface area contributed by atoms with Crippen molar-refractivity contribution < 1.29 is 9.21 Å². The maximum Gasteiger partial charge on any atom is 0.273 e. The lowest BCUT2D eigenvalue weighted by Crippen LogP contribution is -2.24. The Bertz CT molecular complexity index is 361. The van der Waals surface area contributed by atoms with Crippen LogP contribution < -0.4 is 11.1 Å². The first kappa shape index (κ1) is 14.7. The first-order valence-electron chi connectivity index (χ1n) is 6.64. The third kappa shape index (κ3) is 4.87. The number of carbonyl (C=O) groups is 1. The average molecular weight is 253 g/mol. The second-order valence-electron chi connectivity index (χ2n) is 4.53. The third-order valence-corrected chi connectivity index (χ3v) is 2.71. The predicted octanol–water partition coefficient (Wildman–Crippen LogP) is 2.39. The van der Waals surface area contributed by atoms with Crippen LogP contribution in [0.1, 0.15) is 68.4 Å². The Kier molecular flexibility index (Phi) is 6.43. The maximum atomic E-state index is 11.7. The molecule has 0 aliphatic carbocycles. The van der Waals surface area contributed by atoms with Crippen LogP contribution in [-0.4, -0.2) is 17.4 Å². The van der Waals surface area contributed by atoms with Crippen LogP contribution in [0.4, 0.5) is 0 Å². The van der Waals surface area contributed by atoms with Gasteiger partial charge in [-0.2, -0.15) is 0 Å². The molecule has 0 aromatic carbocycles. The summed E-state index contributed by atoms with van der Waals surface area (Å²) in [4.78, 5) is 15.7. The number of oxazole rings is 1. The number of carbonyl (C=O) groups excluding carboxylic acids is 1. The van der Waals surface area contributed by atoms with Crippen LogP contribution in [0.3, 0.4) is 0 Å². The van der Waals surface area contributed by atoms with E-state index in [2.05, 4.69) is 17.2 Å². The van der Waals surface area contributed by atoms with Crippen LogP contribution in [0.5, 0.6) is 0 Å². The van der Waals surface area contributed by atoms with E-state index in [-0.39, 0.29) is 11.9 Å². The Labute approximate surface area is 108 Å². The van der Waals surface area contributed by atoms with Gasteiger partial charge < -0.3 is 15.5 Å².